The number of carboxylic acids is 1. The van der Waals surface area contributed by atoms with E-state index in [4.69, 9.17) is 5.84 Å². The number of amides is 1. The molecule has 2 aliphatic rings. The van der Waals surface area contributed by atoms with Crippen molar-refractivity contribution in [2.24, 2.45) is 17.2 Å². The first-order chi connectivity index (χ1) is 11.2. The van der Waals surface area contributed by atoms with Crippen molar-refractivity contribution in [1.82, 2.24) is 5.01 Å². The molecule has 1 fully saturated rings. The second-order valence-electron chi connectivity index (χ2n) is 7.71. The van der Waals surface area contributed by atoms with Crippen LogP contribution < -0.4 is 10.7 Å². The number of nitrogens with two attached hydrogens (primary N) is 1. The van der Waals surface area contributed by atoms with Crippen molar-refractivity contribution in [3.05, 3.63) is 16.0 Å². The van der Waals surface area contributed by atoms with Gasteiger partial charge in [0.2, 0.25) is 5.91 Å². The first-order valence-corrected chi connectivity index (χ1v) is 9.16. The first kappa shape index (κ1) is 17.4. The van der Waals surface area contributed by atoms with Gasteiger partial charge in [-0.1, -0.05) is 13.8 Å². The van der Waals surface area contributed by atoms with Crippen LogP contribution in [0.4, 0.5) is 5.00 Å². The van der Waals surface area contributed by atoms with E-state index in [1.807, 2.05) is 0 Å². The number of aryl methyl sites for hydroxylation is 1. The molecule has 24 heavy (non-hydrogen) atoms. The summed E-state index contributed by atoms with van der Waals surface area (Å²) in [6.07, 6.45) is 3.40. The lowest BCUT2D eigenvalue weighted by atomic mass is 9.76. The summed E-state index contributed by atoms with van der Waals surface area (Å²) < 4.78 is 0. The molecule has 3 rings (SSSR count). The summed E-state index contributed by atoms with van der Waals surface area (Å²) in [5.74, 6) is 4.63. The van der Waals surface area contributed by atoms with Crippen LogP contribution in [-0.2, 0) is 17.6 Å². The molecule has 3 N–H and O–H groups in total. The van der Waals surface area contributed by atoms with Crippen molar-refractivity contribution < 1.29 is 14.7 Å². The molecule has 0 radical (unpaired) electrons. The smallest absolute Gasteiger partial charge is 0.339 e. The lowest BCUT2D eigenvalue weighted by molar-refractivity contribution is -0.121. The van der Waals surface area contributed by atoms with E-state index in [2.05, 4.69) is 13.8 Å². The van der Waals surface area contributed by atoms with Gasteiger partial charge < -0.3 is 10.0 Å². The standard InChI is InChI=1S/C17H25N3O3S/c1-17(2)6-4-12-11(8-17)13(16(22)23)15(24-12)19(3)14(21)10-5-7-20(18)9-10/h10H,4-9,18H2,1-3H3,(H,22,23)/t10-/m0/s1. The largest absolute Gasteiger partial charge is 0.478 e. The fourth-order valence-corrected chi connectivity index (χ4v) is 5.00. The SMILES string of the molecule is CN(C(=O)[C@H]1CCN(N)C1)c1sc2c(c1C(=O)O)CC(C)(C)CC2. The molecule has 2 heterocycles. The molecule has 0 bridgehead atoms. The first-order valence-electron chi connectivity index (χ1n) is 8.34. The Kier molecular flexibility index (Phi) is 4.44. The van der Waals surface area contributed by atoms with Gasteiger partial charge in [-0.25, -0.2) is 9.80 Å². The van der Waals surface area contributed by atoms with Crippen molar-refractivity contribution in [3.8, 4) is 0 Å². The quantitative estimate of drug-likeness (QED) is 0.815. The summed E-state index contributed by atoms with van der Waals surface area (Å²) in [5.41, 5.74) is 1.34. The third kappa shape index (κ3) is 3.08. The average molecular weight is 351 g/mol. The van der Waals surface area contributed by atoms with Gasteiger partial charge in [0.05, 0.1) is 11.5 Å². The fraction of sp³-hybridized carbons (Fsp3) is 0.647. The van der Waals surface area contributed by atoms with Crippen LogP contribution in [0.25, 0.3) is 0 Å². The second-order valence-corrected chi connectivity index (χ2v) is 8.79. The Morgan fingerprint density at radius 1 is 1.42 bits per heavy atom. The highest BCUT2D eigenvalue weighted by Crippen LogP contribution is 2.45. The van der Waals surface area contributed by atoms with Crippen LogP contribution in [0.3, 0.4) is 0 Å². The number of aromatic carboxylic acids is 1. The number of thiophene rings is 1. The number of hydrazine groups is 1. The average Bonchev–Trinajstić information content (AvgIpc) is 3.08. The highest BCUT2D eigenvalue weighted by atomic mass is 32.1. The molecule has 0 unspecified atom stereocenters. The minimum atomic E-state index is -0.938. The molecule has 1 aromatic heterocycles. The topological polar surface area (TPSA) is 86.9 Å². The van der Waals surface area contributed by atoms with Crippen molar-refractivity contribution in [2.75, 3.05) is 25.0 Å². The van der Waals surface area contributed by atoms with Crippen molar-refractivity contribution in [3.63, 3.8) is 0 Å². The molecular weight excluding hydrogens is 326 g/mol. The van der Waals surface area contributed by atoms with E-state index in [1.165, 1.54) is 11.3 Å². The lowest BCUT2D eigenvalue weighted by Crippen LogP contribution is -2.36. The summed E-state index contributed by atoms with van der Waals surface area (Å²) in [6.45, 7) is 5.57. The van der Waals surface area contributed by atoms with Crippen molar-refractivity contribution in [2.45, 2.75) is 39.5 Å². The molecule has 1 atom stereocenters. The van der Waals surface area contributed by atoms with Crippen LogP contribution in [0.1, 0.15) is 47.5 Å². The number of nitrogens with zero attached hydrogens (tertiary/aromatic N) is 2. The molecule has 7 heteroatoms. The Bertz CT molecular complexity index is 683. The van der Waals surface area contributed by atoms with Crippen LogP contribution in [0.5, 0.6) is 0 Å². The van der Waals surface area contributed by atoms with Crippen molar-refractivity contribution in [1.29, 1.82) is 0 Å². The molecule has 1 saturated heterocycles. The van der Waals surface area contributed by atoms with E-state index in [0.717, 1.165) is 36.1 Å². The highest BCUT2D eigenvalue weighted by Gasteiger charge is 2.36. The summed E-state index contributed by atoms with van der Waals surface area (Å²) in [7, 11) is 1.69. The number of rotatable bonds is 3. The molecule has 6 nitrogen and oxygen atoms in total. The minimum Gasteiger partial charge on any atom is -0.478 e. The summed E-state index contributed by atoms with van der Waals surface area (Å²) in [6, 6.07) is 0. The lowest BCUT2D eigenvalue weighted by Gasteiger charge is -2.29. The third-order valence-electron chi connectivity index (χ3n) is 5.17. The number of carboxylic acid groups (broad SMARTS) is 1. The summed E-state index contributed by atoms with van der Waals surface area (Å²) in [5, 5.41) is 12.0. The van der Waals surface area contributed by atoms with E-state index < -0.39 is 5.97 Å². The Hall–Kier alpha value is -1.44. The Morgan fingerprint density at radius 2 is 2.12 bits per heavy atom. The monoisotopic (exact) mass is 351 g/mol. The highest BCUT2D eigenvalue weighted by molar-refractivity contribution is 7.17. The van der Waals surface area contributed by atoms with Gasteiger partial charge in [-0.15, -0.1) is 11.3 Å². The molecule has 0 spiro atoms. The van der Waals surface area contributed by atoms with Crippen molar-refractivity contribution >= 4 is 28.2 Å². The molecule has 0 aromatic carbocycles. The maximum absolute atomic E-state index is 12.8. The Labute approximate surface area is 146 Å². The number of anilines is 1. The molecule has 1 aromatic rings. The van der Waals surface area contributed by atoms with Gasteiger partial charge in [-0.3, -0.25) is 10.6 Å². The van der Waals surface area contributed by atoms with Crippen LogP contribution >= 0.6 is 11.3 Å². The van der Waals surface area contributed by atoms with E-state index in [1.54, 1.807) is 17.0 Å². The normalized spacial score (nSPS) is 23.1. The number of fused-ring (bicyclic) bond motifs is 1. The van der Waals surface area contributed by atoms with Crippen LogP contribution in [0, 0.1) is 11.3 Å². The Balaban J connectivity index is 1.94. The van der Waals surface area contributed by atoms with Gasteiger partial charge in [0.1, 0.15) is 5.00 Å². The molecule has 1 aliphatic carbocycles. The second kappa shape index (κ2) is 6.13. The zero-order chi connectivity index (χ0) is 17.6. The third-order valence-corrected chi connectivity index (χ3v) is 6.54. The summed E-state index contributed by atoms with van der Waals surface area (Å²) >= 11 is 1.47. The molecule has 1 amide bonds. The van der Waals surface area contributed by atoms with Gasteiger partial charge in [0.15, 0.2) is 0 Å². The van der Waals surface area contributed by atoms with Crippen LogP contribution in [-0.4, -0.2) is 42.1 Å². The number of hydrogen-bond donors (Lipinski definition) is 2. The zero-order valence-electron chi connectivity index (χ0n) is 14.5. The van der Waals surface area contributed by atoms with Gasteiger partial charge in [-0.2, -0.15) is 0 Å². The molecule has 0 saturated carbocycles. The predicted molar refractivity (Wildman–Crippen MR) is 94.4 cm³/mol. The summed E-state index contributed by atoms with van der Waals surface area (Å²) in [4.78, 5) is 27.3. The number of carbonyl (C=O) groups is 2. The van der Waals surface area contributed by atoms with E-state index in [-0.39, 0.29) is 17.2 Å². The van der Waals surface area contributed by atoms with Crippen LogP contribution in [0.2, 0.25) is 0 Å². The van der Waals surface area contributed by atoms with E-state index in [0.29, 0.717) is 23.7 Å². The zero-order valence-corrected chi connectivity index (χ0v) is 15.3. The van der Waals surface area contributed by atoms with Crippen LogP contribution in [0.15, 0.2) is 0 Å². The maximum atomic E-state index is 12.8. The van der Waals surface area contributed by atoms with E-state index >= 15 is 0 Å². The predicted octanol–water partition coefficient (Wildman–Crippen LogP) is 2.12. The molecule has 132 valence electrons. The fourth-order valence-electron chi connectivity index (χ4n) is 3.73. The van der Waals surface area contributed by atoms with Gasteiger partial charge in [0.25, 0.3) is 0 Å². The number of hydrogen-bond acceptors (Lipinski definition) is 5. The maximum Gasteiger partial charge on any atom is 0.339 e. The minimum absolute atomic E-state index is 0.0386. The van der Waals surface area contributed by atoms with Gasteiger partial charge in [0, 0.05) is 25.0 Å². The molecular formula is C17H25N3O3S. The molecule has 1 aliphatic heterocycles. The number of carbonyl (C=O) groups excluding carboxylic acids is 1. The van der Waals surface area contributed by atoms with Gasteiger partial charge >= 0.3 is 5.97 Å². The van der Waals surface area contributed by atoms with E-state index in [9.17, 15) is 14.7 Å². The Morgan fingerprint density at radius 3 is 2.71 bits per heavy atom. The van der Waals surface area contributed by atoms with Gasteiger partial charge in [-0.05, 0) is 36.7 Å².